The Kier molecular flexibility index (Phi) is 42.4. The predicted molar refractivity (Wildman–Crippen MR) is 508 cm³/mol. The fraction of sp³-hybridized carbons (Fsp3) is 0.570. The number of carboxylic acid groups (broad SMARTS) is 2. The van der Waals surface area contributed by atoms with E-state index < -0.39 is 45.1 Å². The number of pyridine rings is 1. The molecule has 133 heavy (non-hydrogen) atoms. The summed E-state index contributed by atoms with van der Waals surface area (Å²) in [7, 11) is 9.14. The number of aliphatic carboxylic acids is 1. The molecule has 5 aromatic rings. The zero-order valence-electron chi connectivity index (χ0n) is 81.6. The number of nitrogens with zero attached hydrogens (tertiary/aromatic N) is 7. The molecule has 10 aliphatic heterocycles. The number of likely N-dealkylation sites (tertiary alicyclic amines) is 7. The van der Waals surface area contributed by atoms with E-state index in [1.54, 1.807) is 28.4 Å². The van der Waals surface area contributed by atoms with Gasteiger partial charge in [-0.3, -0.25) is 62.3 Å². The van der Waals surface area contributed by atoms with Gasteiger partial charge in [0.05, 0.1) is 74.6 Å². The Balaban J connectivity index is 0.000000241. The van der Waals surface area contributed by atoms with Crippen LogP contribution < -0.4 is 40.5 Å². The second-order valence-electron chi connectivity index (χ2n) is 37.6. The molecule has 6 unspecified atom stereocenters. The maximum atomic E-state index is 12.7. The van der Waals surface area contributed by atoms with Gasteiger partial charge in [-0.15, -0.1) is 0 Å². The first kappa shape index (κ1) is 108. The highest BCUT2D eigenvalue weighted by atomic mass is 32.1. The average molecular weight is 1870 g/mol. The van der Waals surface area contributed by atoms with Crippen LogP contribution in [0.2, 0.25) is 0 Å². The molecule has 1 aromatic heterocycles. The van der Waals surface area contributed by atoms with Crippen molar-refractivity contribution in [2.75, 3.05) is 121 Å². The van der Waals surface area contributed by atoms with Crippen molar-refractivity contribution in [3.8, 4) is 23.0 Å². The molecule has 10 aliphatic rings. The highest BCUT2D eigenvalue weighted by molar-refractivity contribution is 7.77. The number of rotatable bonds is 23. The van der Waals surface area contributed by atoms with Crippen LogP contribution in [0, 0.1) is 63.1 Å². The van der Waals surface area contributed by atoms with Crippen molar-refractivity contribution in [3.05, 3.63) is 154 Å². The average Bonchev–Trinajstić information content (AvgIpc) is 0.754. The van der Waals surface area contributed by atoms with Crippen LogP contribution >= 0.6 is 12.2 Å². The summed E-state index contributed by atoms with van der Waals surface area (Å²) in [6, 6.07) is 33.4. The molecule has 0 bridgehead atoms. The van der Waals surface area contributed by atoms with Gasteiger partial charge in [-0.2, -0.15) is 0 Å². The third-order valence-corrected chi connectivity index (χ3v) is 24.7. The highest BCUT2D eigenvalue weighted by Crippen LogP contribution is 2.47. The van der Waals surface area contributed by atoms with Gasteiger partial charge in [-0.05, 0) is 157 Å². The van der Waals surface area contributed by atoms with Gasteiger partial charge in [-0.1, -0.05) is 137 Å². The monoisotopic (exact) mass is 1870 g/mol. The van der Waals surface area contributed by atoms with Crippen LogP contribution in [0.1, 0.15) is 194 Å². The van der Waals surface area contributed by atoms with E-state index in [9.17, 15) is 67.1 Å². The molecule has 32 nitrogen and oxygen atoms in total. The molecule has 730 valence electrons. The maximum Gasteiger partial charge on any atom is 0.335 e. The van der Waals surface area contributed by atoms with Gasteiger partial charge in [-0.25, -0.2) is 4.79 Å². The summed E-state index contributed by atoms with van der Waals surface area (Å²) in [5, 5.41) is 24.8. The number of carboxylic acids is 2. The second-order valence-corrected chi connectivity index (χ2v) is 37.6. The molecule has 11 heterocycles. The van der Waals surface area contributed by atoms with Crippen LogP contribution in [-0.4, -0.2) is 253 Å². The van der Waals surface area contributed by atoms with Gasteiger partial charge >= 0.3 is 17.9 Å². The summed E-state index contributed by atoms with van der Waals surface area (Å²) >= 11 is 3.83. The van der Waals surface area contributed by atoms with Crippen LogP contribution in [0.5, 0.6) is 23.0 Å². The van der Waals surface area contributed by atoms with E-state index in [0.717, 1.165) is 108 Å². The first-order valence-corrected chi connectivity index (χ1v) is 46.1. The number of ether oxygens (including phenoxy) is 5. The number of carbonyl (C=O) groups is 13. The molecule has 33 heteroatoms. The molecule has 4 aromatic carbocycles. The van der Waals surface area contributed by atoms with Crippen molar-refractivity contribution < 1.29 is 97.6 Å². The van der Waals surface area contributed by atoms with Gasteiger partial charge in [0.1, 0.15) is 23.0 Å². The van der Waals surface area contributed by atoms with E-state index in [4.69, 9.17) is 30.5 Å². The Bertz CT molecular complexity index is 4510. The highest BCUT2D eigenvalue weighted by Gasteiger charge is 2.58. The number of aromatic amines is 1. The number of esters is 1. The molecule has 4 spiro atoms. The van der Waals surface area contributed by atoms with Gasteiger partial charge in [0.2, 0.25) is 64.6 Å². The van der Waals surface area contributed by atoms with Crippen molar-refractivity contribution in [2.24, 2.45) is 63.1 Å². The number of β-lactam (4-membered cyclic amide) rings is 4. The van der Waals surface area contributed by atoms with Crippen molar-refractivity contribution in [1.29, 1.82) is 0 Å². The second kappa shape index (κ2) is 52.0. The zero-order chi connectivity index (χ0) is 99.4. The first-order valence-electron chi connectivity index (χ1n) is 46.5. The molecule has 6 N–H and O–H groups in total. The van der Waals surface area contributed by atoms with Gasteiger partial charge < -0.3 is 89.1 Å². The van der Waals surface area contributed by atoms with E-state index in [2.05, 4.69) is 113 Å². The number of aromatic nitrogens is 1. The lowest BCUT2D eigenvalue weighted by Gasteiger charge is -2.52. The van der Waals surface area contributed by atoms with Gasteiger partial charge in [0, 0.05) is 163 Å². The Morgan fingerprint density at radius 2 is 0.722 bits per heavy atom. The largest absolute Gasteiger partial charge is 0.497 e. The van der Waals surface area contributed by atoms with E-state index in [1.807, 2.05) is 131 Å². The van der Waals surface area contributed by atoms with Crippen molar-refractivity contribution in [1.82, 2.24) is 55.2 Å². The molecule has 15 rings (SSSR count). The van der Waals surface area contributed by atoms with Crippen molar-refractivity contribution in [2.45, 2.75) is 186 Å². The summed E-state index contributed by atoms with van der Waals surface area (Å²) in [6.07, 6.45) is 8.91. The van der Waals surface area contributed by atoms with Crippen molar-refractivity contribution >= 4 is 95.1 Å². The number of amides is 10. The molecule has 0 aliphatic carbocycles. The minimum absolute atomic E-state index is 0.00347. The van der Waals surface area contributed by atoms with Crippen molar-refractivity contribution in [3.63, 3.8) is 0 Å². The number of methoxy groups -OCH3 is 5. The normalized spacial score (nSPS) is 22.0. The molecule has 10 amide bonds. The smallest absolute Gasteiger partial charge is 0.335 e. The summed E-state index contributed by atoms with van der Waals surface area (Å²) in [5.74, 6) is 6.99. The number of H-pyrrole nitrogens is 1. The minimum Gasteiger partial charge on any atom is -0.497 e. The number of carbonyl (C=O) groups excluding carboxylic acids is 11. The molecule has 10 saturated heterocycles. The molecule has 0 saturated carbocycles. The van der Waals surface area contributed by atoms with Crippen LogP contribution in [0.3, 0.4) is 0 Å². The Labute approximate surface area is 790 Å². The van der Waals surface area contributed by atoms with Crippen LogP contribution in [-0.2, 0) is 88.5 Å². The lowest BCUT2D eigenvalue weighted by atomic mass is 9.70. The van der Waals surface area contributed by atoms with Gasteiger partial charge in [0.25, 0.3) is 0 Å². The molecule has 6 atom stereocenters. The number of aromatic carboxylic acids is 1. The molecule has 0 radical (unpaired) electrons. The Hall–Kier alpha value is -11.8. The van der Waals surface area contributed by atoms with Crippen LogP contribution in [0.25, 0.3) is 0 Å². The number of thiocarbonyl (C=S) groups is 1. The molecular weight excluding hydrogens is 1720 g/mol. The first-order chi connectivity index (χ1) is 63.7. The van der Waals surface area contributed by atoms with E-state index in [1.165, 1.54) is 33.2 Å². The summed E-state index contributed by atoms with van der Waals surface area (Å²) in [5.41, 5.74) is 2.21. The topological polar surface area (TPSA) is 400 Å². The minimum atomic E-state index is -1.09. The third kappa shape index (κ3) is 32.0. The Morgan fingerprint density at radius 3 is 0.947 bits per heavy atom. The van der Waals surface area contributed by atoms with E-state index in [-0.39, 0.29) is 89.4 Å². The summed E-state index contributed by atoms with van der Waals surface area (Å²) in [6.45, 7) is 33.1. The summed E-state index contributed by atoms with van der Waals surface area (Å²) in [4.78, 5) is 178. The predicted octanol–water partition coefficient (Wildman–Crippen LogP) is 11.1. The standard InChI is InChI=1S/3C19H26N2O3.C15H18N2O3.C7H11NO3.C7H16.C6H9NO3.C6H5NO3.CH2S.CH4/c3*1-14(2)11-20-9-8-19(10-17(20)22)13-21(18(19)23)12-15-4-6-16(24-3)7-5-15;1-20-12-4-2-11(3-5-12)9-17-10-15(14(17)19)6-7-16-13(18)8-15;1-11-7(10)5-2-3-8-6(9)4-5;1-6(2)5-7(3)4;2*8-5-3-4(6(9)10)1-2-7-5;1-2;/h3*4-7,14H,8-13H2,1-3H3;2-5H,6-10H2,1H3,(H,16,18);5H,2-4H2,1H3,(H,8,9);6-7H,5H2,1-4H3;4H,1-3H2,(H,7,8)(H,9,10);1-3H,(H,7,8)(H,9,10);1H2;1H4/i;;;;;;;;;1T. The lowest BCUT2D eigenvalue weighted by Crippen LogP contribution is -2.65. The maximum absolute atomic E-state index is 12.7. The number of hydrogen-bond acceptors (Lipinski definition) is 20. The zero-order valence-corrected chi connectivity index (χ0v) is 81.4. The SMILES string of the molecule is C=S.CC(C)CC(C)C.COC(=O)C1CCNC(=O)C1.COc1ccc(CN2CC3(CCN(CC(C)C)C(=O)C3)C2=O)cc1.COc1ccc(CN2CC3(CCN(CC(C)C)C(=O)C3)C2=O)cc1.COc1ccc(CN2CC3(CCN(CC(C)C)C(=O)C3)C2=O)cc1.COc1ccc(CN2CC3(CCNC(=O)C3)C2=O)cc1.O=C(O)c1cc[nH]c(=O)c1.O=C1CC(C(=O)O)CCN1.[3H]C. The number of benzene rings is 4. The fourth-order valence-corrected chi connectivity index (χ4v) is 17.9. The van der Waals surface area contributed by atoms with E-state index in [0.29, 0.717) is 148 Å². The van der Waals surface area contributed by atoms with Gasteiger partial charge in [0.15, 0.2) is 0 Å². The van der Waals surface area contributed by atoms with E-state index >= 15 is 0 Å². The molecular formula is C100H143N11O21S. The number of nitrogens with one attached hydrogen (secondary N) is 4. The number of hydrogen-bond donors (Lipinski definition) is 6. The molecule has 10 fully saturated rings. The van der Waals surface area contributed by atoms with Crippen LogP contribution in [0.15, 0.2) is 120 Å². The Morgan fingerprint density at radius 1 is 0.421 bits per heavy atom. The number of piperidine rings is 6. The lowest BCUT2D eigenvalue weighted by molar-refractivity contribution is -0.172. The third-order valence-electron chi connectivity index (χ3n) is 24.7. The van der Waals surface area contributed by atoms with Crippen LogP contribution in [0.4, 0.5) is 0 Å². The fourth-order valence-electron chi connectivity index (χ4n) is 17.9. The summed E-state index contributed by atoms with van der Waals surface area (Å²) < 4.78 is 30.8. The quantitative estimate of drug-likeness (QED) is 0.0201.